The molecule has 10 heteroatoms. The summed E-state index contributed by atoms with van der Waals surface area (Å²) in [6.45, 7) is 0.525. The maximum Gasteiger partial charge on any atom is 0.305 e. The van der Waals surface area contributed by atoms with Crippen LogP contribution in [0.5, 0.6) is 0 Å². The molecule has 0 spiro atoms. The Morgan fingerprint density at radius 2 is 2.00 bits per heavy atom. The van der Waals surface area contributed by atoms with Crippen molar-refractivity contribution in [3.8, 4) is 0 Å². The van der Waals surface area contributed by atoms with E-state index in [0.29, 0.717) is 22.4 Å². The number of anilines is 1. The summed E-state index contributed by atoms with van der Waals surface area (Å²) in [6.07, 6.45) is 3.03. The predicted octanol–water partition coefficient (Wildman–Crippen LogP) is 3.16. The van der Waals surface area contributed by atoms with E-state index < -0.39 is 11.9 Å². The second kappa shape index (κ2) is 8.24. The summed E-state index contributed by atoms with van der Waals surface area (Å²) in [4.78, 5) is 23.1. The second-order valence-electron chi connectivity index (χ2n) is 5.67. The van der Waals surface area contributed by atoms with Crippen LogP contribution in [0.2, 0.25) is 10.0 Å². The van der Waals surface area contributed by atoms with Crippen LogP contribution in [0.25, 0.3) is 0 Å². The fourth-order valence-electron chi connectivity index (χ4n) is 2.43. The molecular formula is C17H15Cl2N5O3. The first kappa shape index (κ1) is 18.9. The van der Waals surface area contributed by atoms with Crippen molar-refractivity contribution in [2.45, 2.75) is 19.5 Å². The van der Waals surface area contributed by atoms with E-state index in [2.05, 4.69) is 15.5 Å². The molecule has 0 unspecified atom stereocenters. The Kier molecular flexibility index (Phi) is 5.78. The van der Waals surface area contributed by atoms with Crippen LogP contribution >= 0.6 is 23.2 Å². The van der Waals surface area contributed by atoms with E-state index in [1.165, 1.54) is 16.9 Å². The lowest BCUT2D eigenvalue weighted by Crippen LogP contribution is -2.19. The van der Waals surface area contributed by atoms with E-state index in [4.69, 9.17) is 28.3 Å². The third-order valence-electron chi connectivity index (χ3n) is 3.72. The zero-order chi connectivity index (χ0) is 19.4. The summed E-state index contributed by atoms with van der Waals surface area (Å²) in [5.41, 5.74) is 1.10. The van der Waals surface area contributed by atoms with E-state index in [0.717, 1.165) is 5.56 Å². The van der Waals surface area contributed by atoms with Crippen molar-refractivity contribution in [2.24, 2.45) is 0 Å². The molecule has 3 rings (SSSR count). The van der Waals surface area contributed by atoms with E-state index >= 15 is 0 Å². The summed E-state index contributed by atoms with van der Waals surface area (Å²) in [6, 6.07) is 8.38. The molecule has 0 saturated heterocycles. The number of aromatic nitrogens is 4. The van der Waals surface area contributed by atoms with Gasteiger partial charge >= 0.3 is 5.97 Å². The zero-order valence-corrected chi connectivity index (χ0v) is 15.5. The lowest BCUT2D eigenvalue weighted by atomic mass is 10.2. The summed E-state index contributed by atoms with van der Waals surface area (Å²) in [5.74, 6) is -1.03. The smallest absolute Gasteiger partial charge is 0.305 e. The molecule has 0 bridgehead atoms. The first-order valence-corrected chi connectivity index (χ1v) is 8.70. The minimum atomic E-state index is -0.962. The van der Waals surface area contributed by atoms with E-state index in [-0.39, 0.29) is 18.7 Å². The van der Waals surface area contributed by atoms with Gasteiger partial charge in [-0.05, 0) is 23.8 Å². The average Bonchev–Trinajstić information content (AvgIpc) is 3.24. The van der Waals surface area contributed by atoms with Crippen molar-refractivity contribution in [3.05, 3.63) is 64.0 Å². The third-order valence-corrected chi connectivity index (χ3v) is 4.30. The van der Waals surface area contributed by atoms with Gasteiger partial charge in [-0.25, -0.2) is 0 Å². The van der Waals surface area contributed by atoms with Crippen LogP contribution in [0, 0.1) is 0 Å². The Balaban J connectivity index is 1.66. The third kappa shape index (κ3) is 4.87. The van der Waals surface area contributed by atoms with Gasteiger partial charge in [-0.15, -0.1) is 0 Å². The summed E-state index contributed by atoms with van der Waals surface area (Å²) in [5, 5.41) is 20.8. The van der Waals surface area contributed by atoms with Gasteiger partial charge in [0.15, 0.2) is 5.82 Å². The second-order valence-corrected chi connectivity index (χ2v) is 6.52. The molecule has 2 aromatic heterocycles. The summed E-state index contributed by atoms with van der Waals surface area (Å²) < 4.78 is 2.97. The molecule has 0 aliphatic carbocycles. The normalized spacial score (nSPS) is 10.7. The number of amides is 1. The van der Waals surface area contributed by atoms with Gasteiger partial charge in [-0.2, -0.15) is 10.2 Å². The number of aryl methyl sites for hydroxylation is 1. The highest BCUT2D eigenvalue weighted by atomic mass is 35.5. The van der Waals surface area contributed by atoms with Crippen LogP contribution in [0.3, 0.4) is 0 Å². The first-order chi connectivity index (χ1) is 12.9. The van der Waals surface area contributed by atoms with Crippen molar-refractivity contribution in [1.29, 1.82) is 0 Å². The largest absolute Gasteiger partial charge is 0.481 e. The van der Waals surface area contributed by atoms with Crippen molar-refractivity contribution in [1.82, 2.24) is 19.6 Å². The van der Waals surface area contributed by atoms with Crippen molar-refractivity contribution in [2.75, 3.05) is 5.32 Å². The van der Waals surface area contributed by atoms with Crippen LogP contribution in [0.4, 0.5) is 5.82 Å². The number of halogens is 2. The van der Waals surface area contributed by atoms with E-state index in [1.807, 2.05) is 6.07 Å². The number of nitrogens with one attached hydrogen (secondary N) is 1. The van der Waals surface area contributed by atoms with Crippen LogP contribution in [0.1, 0.15) is 22.5 Å². The number of carboxylic acid groups (broad SMARTS) is 1. The molecule has 0 atom stereocenters. The molecule has 140 valence electrons. The molecule has 1 aromatic carbocycles. The summed E-state index contributed by atoms with van der Waals surface area (Å²) >= 11 is 12.0. The maximum absolute atomic E-state index is 12.4. The minimum absolute atomic E-state index is 0.106. The number of aliphatic carboxylic acids is 1. The Hall–Kier alpha value is -2.84. The van der Waals surface area contributed by atoms with Gasteiger partial charge in [-0.3, -0.25) is 19.0 Å². The Labute approximate surface area is 164 Å². The molecule has 0 saturated carbocycles. The molecule has 0 fully saturated rings. The zero-order valence-electron chi connectivity index (χ0n) is 14.0. The molecule has 2 N–H and O–H groups in total. The topological polar surface area (TPSA) is 102 Å². The van der Waals surface area contributed by atoms with Crippen molar-refractivity contribution >= 4 is 40.9 Å². The van der Waals surface area contributed by atoms with Gasteiger partial charge in [0.05, 0.1) is 19.5 Å². The maximum atomic E-state index is 12.4. The number of benzene rings is 1. The summed E-state index contributed by atoms with van der Waals surface area (Å²) in [7, 11) is 0. The molecule has 0 aliphatic rings. The van der Waals surface area contributed by atoms with E-state index in [1.54, 1.807) is 29.1 Å². The Morgan fingerprint density at radius 1 is 1.19 bits per heavy atom. The SMILES string of the molecule is O=C(O)CCn1nccc1C(=O)Nc1ccn(Cc2ccc(Cl)cc2Cl)n1. The highest BCUT2D eigenvalue weighted by molar-refractivity contribution is 6.35. The lowest BCUT2D eigenvalue weighted by molar-refractivity contribution is -0.137. The Morgan fingerprint density at radius 3 is 2.74 bits per heavy atom. The molecule has 2 heterocycles. The number of nitrogens with zero attached hydrogens (tertiary/aromatic N) is 4. The van der Waals surface area contributed by atoms with Gasteiger partial charge < -0.3 is 10.4 Å². The fraction of sp³-hybridized carbons (Fsp3) is 0.176. The van der Waals surface area contributed by atoms with Crippen molar-refractivity contribution in [3.63, 3.8) is 0 Å². The minimum Gasteiger partial charge on any atom is -0.481 e. The lowest BCUT2D eigenvalue weighted by Gasteiger charge is -2.06. The van der Waals surface area contributed by atoms with Gasteiger partial charge in [0.2, 0.25) is 0 Å². The number of hydrogen-bond acceptors (Lipinski definition) is 4. The monoisotopic (exact) mass is 407 g/mol. The fourth-order valence-corrected chi connectivity index (χ4v) is 2.89. The van der Waals surface area contributed by atoms with Crippen LogP contribution in [-0.4, -0.2) is 36.5 Å². The quantitative estimate of drug-likeness (QED) is 0.625. The number of carbonyl (C=O) groups excluding carboxylic acids is 1. The molecular weight excluding hydrogens is 393 g/mol. The van der Waals surface area contributed by atoms with Crippen LogP contribution in [-0.2, 0) is 17.9 Å². The first-order valence-electron chi connectivity index (χ1n) is 7.95. The average molecular weight is 408 g/mol. The molecule has 1 amide bonds. The molecule has 8 nitrogen and oxygen atoms in total. The number of carboxylic acids is 1. The molecule has 27 heavy (non-hydrogen) atoms. The highest BCUT2D eigenvalue weighted by Crippen LogP contribution is 2.22. The van der Waals surface area contributed by atoms with E-state index in [9.17, 15) is 9.59 Å². The van der Waals surface area contributed by atoms with Gasteiger partial charge in [0.25, 0.3) is 5.91 Å². The molecule has 3 aromatic rings. The van der Waals surface area contributed by atoms with Crippen LogP contribution < -0.4 is 5.32 Å². The number of carbonyl (C=O) groups is 2. The van der Waals surface area contributed by atoms with Crippen molar-refractivity contribution < 1.29 is 14.7 Å². The highest BCUT2D eigenvalue weighted by Gasteiger charge is 2.14. The van der Waals surface area contributed by atoms with Gasteiger partial charge in [0, 0.05) is 28.5 Å². The molecule has 0 aliphatic heterocycles. The van der Waals surface area contributed by atoms with Gasteiger partial charge in [0.1, 0.15) is 5.69 Å². The predicted molar refractivity (Wildman–Crippen MR) is 100 cm³/mol. The Bertz CT molecular complexity index is 983. The van der Waals surface area contributed by atoms with Gasteiger partial charge in [-0.1, -0.05) is 29.3 Å². The number of hydrogen-bond donors (Lipinski definition) is 2. The standard InChI is InChI=1S/C17H15Cl2N5O3/c18-12-2-1-11(13(19)9-12)10-23-7-4-15(22-23)21-17(27)14-3-6-20-24(14)8-5-16(25)26/h1-4,6-7,9H,5,8,10H2,(H,25,26)(H,21,22,27). The van der Waals surface area contributed by atoms with Crippen LogP contribution in [0.15, 0.2) is 42.7 Å². The number of rotatable bonds is 7. The molecule has 0 radical (unpaired) electrons.